The van der Waals surface area contributed by atoms with Gasteiger partial charge >= 0.3 is 6.03 Å². The number of urea groups is 1. The minimum absolute atomic E-state index is 0.113. The van der Waals surface area contributed by atoms with E-state index in [2.05, 4.69) is 10.6 Å². The van der Waals surface area contributed by atoms with Crippen molar-refractivity contribution in [1.29, 1.82) is 0 Å². The number of hydrogen-bond donors (Lipinski definition) is 3. The Morgan fingerprint density at radius 1 is 1.40 bits per heavy atom. The number of amides is 2. The van der Waals surface area contributed by atoms with Crippen LogP contribution < -0.4 is 16.4 Å². The molecule has 1 unspecified atom stereocenters. The molecule has 88 valence electrons. The first kappa shape index (κ1) is 12.3. The fourth-order valence-electron chi connectivity index (χ4n) is 2.08. The fraction of sp³-hybridized carbons (Fsp3) is 0.909. The topological polar surface area (TPSA) is 67.2 Å². The third kappa shape index (κ3) is 4.51. The van der Waals surface area contributed by atoms with E-state index in [0.717, 1.165) is 0 Å². The summed E-state index contributed by atoms with van der Waals surface area (Å²) in [5.74, 6) is 0.601. The maximum atomic E-state index is 11.3. The molecule has 1 saturated carbocycles. The Hall–Kier alpha value is -0.770. The molecule has 0 aromatic rings. The zero-order valence-corrected chi connectivity index (χ0v) is 9.75. The van der Waals surface area contributed by atoms with Gasteiger partial charge < -0.3 is 16.4 Å². The summed E-state index contributed by atoms with van der Waals surface area (Å²) in [6, 6.07) is 0.177. The van der Waals surface area contributed by atoms with Crippen LogP contribution in [0.3, 0.4) is 0 Å². The predicted octanol–water partition coefficient (Wildman–Crippen LogP) is 1.21. The van der Waals surface area contributed by atoms with Crippen LogP contribution in [0.15, 0.2) is 0 Å². The van der Waals surface area contributed by atoms with E-state index in [-0.39, 0.29) is 18.1 Å². The molecule has 0 spiro atoms. The minimum atomic E-state index is -0.113. The van der Waals surface area contributed by atoms with E-state index in [9.17, 15) is 4.79 Å². The Morgan fingerprint density at radius 3 is 2.53 bits per heavy atom. The van der Waals surface area contributed by atoms with Crippen molar-refractivity contribution < 1.29 is 4.79 Å². The fourth-order valence-corrected chi connectivity index (χ4v) is 2.08. The standard InChI is InChI=1S/C11H23N3O/c1-8(2)14-11(15)13-7-10(12)9-5-3-4-6-9/h8-10H,3-7,12H2,1-2H3,(H2,13,14,15). The zero-order valence-electron chi connectivity index (χ0n) is 9.75. The van der Waals surface area contributed by atoms with Crippen LogP contribution in [0.5, 0.6) is 0 Å². The molecular formula is C11H23N3O. The Morgan fingerprint density at radius 2 is 2.00 bits per heavy atom. The van der Waals surface area contributed by atoms with Gasteiger partial charge in [-0.05, 0) is 32.6 Å². The lowest BCUT2D eigenvalue weighted by Gasteiger charge is -2.19. The second-order valence-corrected chi connectivity index (χ2v) is 4.72. The summed E-state index contributed by atoms with van der Waals surface area (Å²) in [6.07, 6.45) is 5.01. The molecule has 0 aromatic carbocycles. The first-order valence-corrected chi connectivity index (χ1v) is 5.89. The molecule has 1 rings (SSSR count). The maximum absolute atomic E-state index is 11.3. The third-order valence-corrected chi connectivity index (χ3v) is 2.92. The second kappa shape index (κ2) is 5.95. The van der Waals surface area contributed by atoms with E-state index < -0.39 is 0 Å². The van der Waals surface area contributed by atoms with Crippen LogP contribution in [0, 0.1) is 5.92 Å². The van der Waals surface area contributed by atoms with Gasteiger partial charge in [-0.25, -0.2) is 4.79 Å². The van der Waals surface area contributed by atoms with Gasteiger partial charge in [-0.3, -0.25) is 0 Å². The highest BCUT2D eigenvalue weighted by molar-refractivity contribution is 5.74. The van der Waals surface area contributed by atoms with Crippen molar-refractivity contribution in [1.82, 2.24) is 10.6 Å². The van der Waals surface area contributed by atoms with Crippen LogP contribution in [0.4, 0.5) is 4.79 Å². The average Bonchev–Trinajstić information content (AvgIpc) is 2.65. The summed E-state index contributed by atoms with van der Waals surface area (Å²) in [5, 5.41) is 5.60. The summed E-state index contributed by atoms with van der Waals surface area (Å²) in [5.41, 5.74) is 6.02. The summed E-state index contributed by atoms with van der Waals surface area (Å²) in [6.45, 7) is 4.47. The zero-order chi connectivity index (χ0) is 11.3. The maximum Gasteiger partial charge on any atom is 0.315 e. The van der Waals surface area contributed by atoms with Gasteiger partial charge in [-0.2, -0.15) is 0 Å². The lowest BCUT2D eigenvalue weighted by Crippen LogP contribution is -2.46. The van der Waals surface area contributed by atoms with Crippen molar-refractivity contribution in [3.63, 3.8) is 0 Å². The molecule has 4 N–H and O–H groups in total. The summed E-state index contributed by atoms with van der Waals surface area (Å²) in [4.78, 5) is 11.3. The molecule has 4 nitrogen and oxygen atoms in total. The van der Waals surface area contributed by atoms with Crippen molar-refractivity contribution in [2.75, 3.05) is 6.54 Å². The Balaban J connectivity index is 2.15. The first-order chi connectivity index (χ1) is 7.09. The number of carbonyl (C=O) groups is 1. The van der Waals surface area contributed by atoms with Crippen LogP contribution >= 0.6 is 0 Å². The molecule has 0 radical (unpaired) electrons. The van der Waals surface area contributed by atoms with Gasteiger partial charge in [-0.1, -0.05) is 12.8 Å². The Bertz CT molecular complexity index is 200. The van der Waals surface area contributed by atoms with Crippen molar-refractivity contribution in [3.05, 3.63) is 0 Å². The minimum Gasteiger partial charge on any atom is -0.337 e. The summed E-state index contributed by atoms with van der Waals surface area (Å²) in [7, 11) is 0. The number of hydrogen-bond acceptors (Lipinski definition) is 2. The summed E-state index contributed by atoms with van der Waals surface area (Å²) >= 11 is 0. The van der Waals surface area contributed by atoms with Crippen LogP contribution in [0.25, 0.3) is 0 Å². The molecule has 0 aliphatic heterocycles. The number of carbonyl (C=O) groups excluding carboxylic acids is 1. The molecule has 1 aliphatic rings. The van der Waals surface area contributed by atoms with Crippen LogP contribution in [-0.2, 0) is 0 Å². The van der Waals surface area contributed by atoms with Gasteiger partial charge in [0.1, 0.15) is 0 Å². The van der Waals surface area contributed by atoms with Gasteiger partial charge in [0.05, 0.1) is 0 Å². The van der Waals surface area contributed by atoms with Gasteiger partial charge in [0.25, 0.3) is 0 Å². The normalized spacial score (nSPS) is 19.2. The van der Waals surface area contributed by atoms with E-state index in [1.807, 2.05) is 13.8 Å². The quantitative estimate of drug-likeness (QED) is 0.657. The number of rotatable bonds is 4. The number of nitrogens with two attached hydrogens (primary N) is 1. The SMILES string of the molecule is CC(C)NC(=O)NCC(N)C1CCCC1. The molecule has 2 amide bonds. The molecule has 0 heterocycles. The van der Waals surface area contributed by atoms with Crippen molar-refractivity contribution in [3.8, 4) is 0 Å². The highest BCUT2D eigenvalue weighted by atomic mass is 16.2. The largest absolute Gasteiger partial charge is 0.337 e. The van der Waals surface area contributed by atoms with E-state index in [1.165, 1.54) is 25.7 Å². The molecule has 1 aliphatic carbocycles. The predicted molar refractivity (Wildman–Crippen MR) is 61.6 cm³/mol. The average molecular weight is 213 g/mol. The van der Waals surface area contributed by atoms with Gasteiger partial charge in [0, 0.05) is 18.6 Å². The third-order valence-electron chi connectivity index (χ3n) is 2.92. The first-order valence-electron chi connectivity index (χ1n) is 5.89. The molecule has 1 fully saturated rings. The Kier molecular flexibility index (Phi) is 4.88. The van der Waals surface area contributed by atoms with E-state index >= 15 is 0 Å². The van der Waals surface area contributed by atoms with Crippen molar-refractivity contribution in [2.45, 2.75) is 51.6 Å². The lowest BCUT2D eigenvalue weighted by molar-refractivity contribution is 0.236. The number of nitrogens with one attached hydrogen (secondary N) is 2. The van der Waals surface area contributed by atoms with Crippen LogP contribution in [0.2, 0.25) is 0 Å². The molecule has 1 atom stereocenters. The van der Waals surface area contributed by atoms with Crippen molar-refractivity contribution in [2.24, 2.45) is 11.7 Å². The highest BCUT2D eigenvalue weighted by Crippen LogP contribution is 2.26. The van der Waals surface area contributed by atoms with E-state index in [4.69, 9.17) is 5.73 Å². The Labute approximate surface area is 92.0 Å². The van der Waals surface area contributed by atoms with Crippen molar-refractivity contribution >= 4 is 6.03 Å². The smallest absolute Gasteiger partial charge is 0.315 e. The molecule has 15 heavy (non-hydrogen) atoms. The monoisotopic (exact) mass is 213 g/mol. The summed E-state index contributed by atoms with van der Waals surface area (Å²) < 4.78 is 0. The molecule has 0 saturated heterocycles. The van der Waals surface area contributed by atoms with Crippen LogP contribution in [-0.4, -0.2) is 24.7 Å². The molecule has 0 bridgehead atoms. The lowest BCUT2D eigenvalue weighted by atomic mass is 9.99. The van der Waals surface area contributed by atoms with E-state index in [1.54, 1.807) is 0 Å². The van der Waals surface area contributed by atoms with Gasteiger partial charge in [-0.15, -0.1) is 0 Å². The van der Waals surface area contributed by atoms with Gasteiger partial charge in [0.2, 0.25) is 0 Å². The highest BCUT2D eigenvalue weighted by Gasteiger charge is 2.22. The second-order valence-electron chi connectivity index (χ2n) is 4.72. The molecular weight excluding hydrogens is 190 g/mol. The van der Waals surface area contributed by atoms with E-state index in [0.29, 0.717) is 12.5 Å². The molecule has 0 aromatic heterocycles. The molecule has 4 heteroatoms. The van der Waals surface area contributed by atoms with Gasteiger partial charge in [0.15, 0.2) is 0 Å². The van der Waals surface area contributed by atoms with Crippen LogP contribution in [0.1, 0.15) is 39.5 Å².